The second kappa shape index (κ2) is 16.0. The van der Waals surface area contributed by atoms with Crippen LogP contribution in [0.2, 0.25) is 0 Å². The van der Waals surface area contributed by atoms with E-state index in [1.165, 1.54) is 0 Å². The lowest BCUT2D eigenvalue weighted by Crippen LogP contribution is -2.55. The summed E-state index contributed by atoms with van der Waals surface area (Å²) in [6.07, 6.45) is 0.780. The number of benzene rings is 4. The van der Waals surface area contributed by atoms with Gasteiger partial charge in [-0.1, -0.05) is 103 Å². The summed E-state index contributed by atoms with van der Waals surface area (Å²) in [4.78, 5) is 50.3. The van der Waals surface area contributed by atoms with Gasteiger partial charge in [-0.25, -0.2) is 4.79 Å². The van der Waals surface area contributed by atoms with Gasteiger partial charge in [0, 0.05) is 18.8 Å². The van der Waals surface area contributed by atoms with Crippen molar-refractivity contribution in [1.82, 2.24) is 10.6 Å². The Kier molecular flexibility index (Phi) is 11.7. The summed E-state index contributed by atoms with van der Waals surface area (Å²) < 4.78 is 5.20. The maximum Gasteiger partial charge on any atom is 0.341 e. The van der Waals surface area contributed by atoms with E-state index in [1.807, 2.05) is 85.8 Å². The zero-order valence-electron chi connectivity index (χ0n) is 25.9. The Labute approximate surface area is 268 Å². The Bertz CT molecular complexity index is 1640. The number of carboxylic acids is 1. The molecular formula is C37H39N3O6. The molecule has 0 bridgehead atoms. The van der Waals surface area contributed by atoms with Gasteiger partial charge in [0.25, 0.3) is 0 Å². The molecule has 0 aliphatic heterocycles. The van der Waals surface area contributed by atoms with E-state index in [9.17, 15) is 19.2 Å². The zero-order valence-corrected chi connectivity index (χ0v) is 25.9. The number of carboxylic acid groups (broad SMARTS) is 1. The van der Waals surface area contributed by atoms with E-state index in [-0.39, 0.29) is 18.7 Å². The molecule has 0 heterocycles. The zero-order chi connectivity index (χ0) is 33.1. The normalized spacial score (nSPS) is 12.7. The van der Waals surface area contributed by atoms with E-state index < -0.39 is 42.4 Å². The lowest BCUT2D eigenvalue weighted by atomic mass is 9.97. The van der Waals surface area contributed by atoms with Crippen LogP contribution in [0.3, 0.4) is 0 Å². The van der Waals surface area contributed by atoms with Crippen LogP contribution >= 0.6 is 0 Å². The number of aryl methyl sites for hydroxylation is 1. The number of nitrogens with two attached hydrogens (primary N) is 1. The summed E-state index contributed by atoms with van der Waals surface area (Å²) in [6, 6.07) is 30.0. The summed E-state index contributed by atoms with van der Waals surface area (Å²) in [5.41, 5.74) is 11.4. The SMILES string of the molecule is Cc1cccc(C[C@H](C)C(=O)N[C@@H](Cc2ccc(OCC(=O)O)cc2)C(=O)N[C@@H](Cc2ccc(-c3ccccc3)cc2)C(N)=O)c1. The molecule has 9 nitrogen and oxygen atoms in total. The maximum absolute atomic E-state index is 13.7. The molecule has 3 amide bonds. The molecule has 0 spiro atoms. The monoisotopic (exact) mass is 621 g/mol. The highest BCUT2D eigenvalue weighted by molar-refractivity contribution is 5.92. The molecule has 0 saturated carbocycles. The lowest BCUT2D eigenvalue weighted by Gasteiger charge is -2.24. The summed E-state index contributed by atoms with van der Waals surface area (Å²) in [5.74, 6) is -2.73. The number of rotatable bonds is 15. The number of hydrogen-bond donors (Lipinski definition) is 4. The molecule has 4 rings (SSSR count). The Morgan fingerprint density at radius 2 is 1.28 bits per heavy atom. The van der Waals surface area contributed by atoms with Crippen molar-refractivity contribution in [2.75, 3.05) is 6.61 Å². The second-order valence-electron chi connectivity index (χ2n) is 11.4. The van der Waals surface area contributed by atoms with Crippen LogP contribution in [0.15, 0.2) is 103 Å². The average molecular weight is 622 g/mol. The quantitative estimate of drug-likeness (QED) is 0.156. The molecule has 0 unspecified atom stereocenters. The smallest absolute Gasteiger partial charge is 0.341 e. The minimum atomic E-state index is -1.10. The Balaban J connectivity index is 1.48. The van der Waals surface area contributed by atoms with Gasteiger partial charge in [-0.15, -0.1) is 0 Å². The van der Waals surface area contributed by atoms with Gasteiger partial charge < -0.3 is 26.2 Å². The van der Waals surface area contributed by atoms with Gasteiger partial charge in [0.15, 0.2) is 6.61 Å². The predicted molar refractivity (Wildman–Crippen MR) is 176 cm³/mol. The molecule has 5 N–H and O–H groups in total. The molecule has 0 radical (unpaired) electrons. The van der Waals surface area contributed by atoms with Crippen LogP contribution in [0.4, 0.5) is 0 Å². The van der Waals surface area contributed by atoms with Crippen LogP contribution in [0.5, 0.6) is 5.75 Å². The van der Waals surface area contributed by atoms with Crippen molar-refractivity contribution in [3.63, 3.8) is 0 Å². The minimum absolute atomic E-state index is 0.116. The highest BCUT2D eigenvalue weighted by atomic mass is 16.5. The number of primary amides is 1. The standard InChI is InChI=1S/C37H39N3O6/c1-24-7-6-8-28(19-24)20-25(2)36(44)40-33(22-27-13-17-31(18-14-27)46-23-34(41)42)37(45)39-32(35(38)43)21-26-11-15-30(16-12-26)29-9-4-3-5-10-29/h3-19,25,32-33H,20-23H2,1-2H3,(H2,38,43)(H,39,45)(H,40,44)(H,41,42)/t25-,32-,33-/m0/s1. The second-order valence-corrected chi connectivity index (χ2v) is 11.4. The first-order chi connectivity index (χ1) is 22.1. The number of amides is 3. The molecular weight excluding hydrogens is 582 g/mol. The van der Waals surface area contributed by atoms with Crippen LogP contribution in [0.25, 0.3) is 11.1 Å². The molecule has 3 atom stereocenters. The number of carbonyl (C=O) groups is 4. The van der Waals surface area contributed by atoms with Crippen LogP contribution in [-0.2, 0) is 38.4 Å². The van der Waals surface area contributed by atoms with Crippen molar-refractivity contribution in [3.8, 4) is 16.9 Å². The first-order valence-corrected chi connectivity index (χ1v) is 15.1. The number of carbonyl (C=O) groups excluding carboxylic acids is 3. The third kappa shape index (κ3) is 10.1. The fourth-order valence-corrected chi connectivity index (χ4v) is 5.11. The van der Waals surface area contributed by atoms with Crippen molar-refractivity contribution in [1.29, 1.82) is 0 Å². The van der Waals surface area contributed by atoms with E-state index in [2.05, 4.69) is 10.6 Å². The largest absolute Gasteiger partial charge is 0.482 e. The fraction of sp³-hybridized carbons (Fsp3) is 0.243. The van der Waals surface area contributed by atoms with Crippen molar-refractivity contribution in [3.05, 3.63) is 125 Å². The molecule has 238 valence electrons. The van der Waals surface area contributed by atoms with Crippen molar-refractivity contribution < 1.29 is 29.0 Å². The molecule has 0 aromatic heterocycles. The summed E-state index contributed by atoms with van der Waals surface area (Å²) in [5, 5.41) is 14.5. The molecule has 0 saturated heterocycles. The van der Waals surface area contributed by atoms with Crippen LogP contribution in [-0.4, -0.2) is 47.5 Å². The molecule has 0 aliphatic rings. The van der Waals surface area contributed by atoms with E-state index in [0.29, 0.717) is 17.7 Å². The topological polar surface area (TPSA) is 148 Å². The maximum atomic E-state index is 13.7. The van der Waals surface area contributed by atoms with E-state index in [4.69, 9.17) is 15.6 Å². The van der Waals surface area contributed by atoms with Gasteiger partial charge in [0.2, 0.25) is 17.7 Å². The third-order valence-corrected chi connectivity index (χ3v) is 7.59. The molecule has 9 heteroatoms. The van der Waals surface area contributed by atoms with Gasteiger partial charge in [0.05, 0.1) is 0 Å². The van der Waals surface area contributed by atoms with E-state index in [1.54, 1.807) is 31.2 Å². The Morgan fingerprint density at radius 1 is 0.696 bits per heavy atom. The van der Waals surface area contributed by atoms with Crippen LogP contribution < -0.4 is 21.1 Å². The first kappa shape index (κ1) is 33.5. The van der Waals surface area contributed by atoms with E-state index >= 15 is 0 Å². The van der Waals surface area contributed by atoms with Crippen molar-refractivity contribution in [2.24, 2.45) is 11.7 Å². The van der Waals surface area contributed by atoms with Gasteiger partial charge in [-0.3, -0.25) is 14.4 Å². The van der Waals surface area contributed by atoms with Crippen molar-refractivity contribution >= 4 is 23.7 Å². The number of aliphatic carboxylic acids is 1. The minimum Gasteiger partial charge on any atom is -0.482 e. The number of nitrogens with one attached hydrogen (secondary N) is 2. The van der Waals surface area contributed by atoms with Gasteiger partial charge >= 0.3 is 5.97 Å². The Hall–Kier alpha value is -5.44. The predicted octanol–water partition coefficient (Wildman–Crippen LogP) is 4.24. The van der Waals surface area contributed by atoms with Crippen molar-refractivity contribution in [2.45, 2.75) is 45.2 Å². The average Bonchev–Trinajstić information content (AvgIpc) is 3.04. The van der Waals surface area contributed by atoms with Crippen LogP contribution in [0.1, 0.15) is 29.2 Å². The molecule has 0 aliphatic carbocycles. The summed E-state index contributed by atoms with van der Waals surface area (Å²) >= 11 is 0. The molecule has 4 aromatic carbocycles. The van der Waals surface area contributed by atoms with Gasteiger partial charge in [0.1, 0.15) is 17.8 Å². The number of ether oxygens (including phenoxy) is 1. The summed E-state index contributed by atoms with van der Waals surface area (Å²) in [7, 11) is 0. The Morgan fingerprint density at radius 3 is 1.89 bits per heavy atom. The fourth-order valence-electron chi connectivity index (χ4n) is 5.11. The van der Waals surface area contributed by atoms with Gasteiger partial charge in [-0.2, -0.15) is 0 Å². The highest BCUT2D eigenvalue weighted by Crippen LogP contribution is 2.20. The van der Waals surface area contributed by atoms with Gasteiger partial charge in [-0.05, 0) is 53.3 Å². The molecule has 46 heavy (non-hydrogen) atoms. The van der Waals surface area contributed by atoms with E-state index in [0.717, 1.165) is 27.8 Å². The molecule has 4 aromatic rings. The highest BCUT2D eigenvalue weighted by Gasteiger charge is 2.28. The summed E-state index contributed by atoms with van der Waals surface area (Å²) in [6.45, 7) is 3.30. The lowest BCUT2D eigenvalue weighted by molar-refractivity contribution is -0.139. The molecule has 0 fully saturated rings. The first-order valence-electron chi connectivity index (χ1n) is 15.1. The number of hydrogen-bond acceptors (Lipinski definition) is 5. The van der Waals surface area contributed by atoms with Crippen LogP contribution in [0, 0.1) is 12.8 Å². The third-order valence-electron chi connectivity index (χ3n) is 7.59.